The minimum Gasteiger partial charge on any atom is -0.497 e. The zero-order valence-corrected chi connectivity index (χ0v) is 16.7. The molecule has 0 atom stereocenters. The van der Waals surface area contributed by atoms with Gasteiger partial charge in [0.1, 0.15) is 11.5 Å². The average molecular weight is 394 g/mol. The Labute approximate surface area is 168 Å². The molecule has 0 fully saturated rings. The molecule has 1 amide bonds. The number of amides is 1. The Balaban J connectivity index is 1.58. The Bertz CT molecular complexity index is 931. The van der Waals surface area contributed by atoms with E-state index in [9.17, 15) is 4.79 Å². The lowest BCUT2D eigenvalue weighted by Gasteiger charge is -2.04. The van der Waals surface area contributed by atoms with Crippen LogP contribution in [-0.4, -0.2) is 24.6 Å². The van der Waals surface area contributed by atoms with Crippen molar-refractivity contribution in [2.75, 3.05) is 19.0 Å². The number of aromatic nitrogens is 1. The topological polar surface area (TPSA) is 60.5 Å². The van der Waals surface area contributed by atoms with Gasteiger partial charge in [-0.25, -0.2) is 4.98 Å². The fourth-order valence-corrected chi connectivity index (χ4v) is 3.16. The molecule has 0 saturated heterocycles. The molecule has 1 N–H and O–H groups in total. The SMILES string of the molecule is CCCOc1ccc(-c2csc(NC(=O)/C=C/c3ccc(OC)cc3)n2)cc1. The maximum Gasteiger partial charge on any atom is 0.250 e. The summed E-state index contributed by atoms with van der Waals surface area (Å²) in [4.78, 5) is 16.6. The zero-order chi connectivity index (χ0) is 19.8. The number of ether oxygens (including phenoxy) is 2. The van der Waals surface area contributed by atoms with Crippen molar-refractivity contribution in [2.24, 2.45) is 0 Å². The minimum absolute atomic E-state index is 0.222. The minimum atomic E-state index is -0.222. The third kappa shape index (κ3) is 5.44. The molecule has 0 saturated carbocycles. The molecule has 5 nitrogen and oxygen atoms in total. The van der Waals surface area contributed by atoms with Gasteiger partial charge in [0.15, 0.2) is 5.13 Å². The van der Waals surface area contributed by atoms with Gasteiger partial charge in [0.2, 0.25) is 5.91 Å². The fraction of sp³-hybridized carbons (Fsp3) is 0.182. The summed E-state index contributed by atoms with van der Waals surface area (Å²) in [5, 5.41) is 5.28. The number of carbonyl (C=O) groups excluding carboxylic acids is 1. The molecule has 0 aliphatic carbocycles. The summed E-state index contributed by atoms with van der Waals surface area (Å²) >= 11 is 1.39. The number of nitrogens with zero attached hydrogens (tertiary/aromatic N) is 1. The molecule has 0 bridgehead atoms. The van der Waals surface area contributed by atoms with Crippen LogP contribution in [0.4, 0.5) is 5.13 Å². The molecule has 3 aromatic rings. The third-order valence-electron chi connectivity index (χ3n) is 3.90. The van der Waals surface area contributed by atoms with E-state index in [0.29, 0.717) is 11.7 Å². The van der Waals surface area contributed by atoms with E-state index in [-0.39, 0.29) is 5.91 Å². The van der Waals surface area contributed by atoms with Crippen LogP contribution in [0.15, 0.2) is 60.0 Å². The second-order valence-electron chi connectivity index (χ2n) is 6.01. The number of anilines is 1. The maximum absolute atomic E-state index is 12.1. The summed E-state index contributed by atoms with van der Waals surface area (Å²) in [6.45, 7) is 2.78. The maximum atomic E-state index is 12.1. The Morgan fingerprint density at radius 3 is 2.50 bits per heavy atom. The Morgan fingerprint density at radius 1 is 1.11 bits per heavy atom. The van der Waals surface area contributed by atoms with Gasteiger partial charge >= 0.3 is 0 Å². The van der Waals surface area contributed by atoms with Crippen molar-refractivity contribution in [3.63, 3.8) is 0 Å². The van der Waals surface area contributed by atoms with Crippen molar-refractivity contribution in [1.29, 1.82) is 0 Å². The van der Waals surface area contributed by atoms with E-state index < -0.39 is 0 Å². The molecule has 0 aliphatic rings. The van der Waals surface area contributed by atoms with Crippen LogP contribution in [0.5, 0.6) is 11.5 Å². The number of rotatable bonds is 8. The number of hydrogen-bond donors (Lipinski definition) is 1. The Hall–Kier alpha value is -3.12. The smallest absolute Gasteiger partial charge is 0.250 e. The van der Waals surface area contributed by atoms with Gasteiger partial charge in [-0.05, 0) is 54.5 Å². The van der Waals surface area contributed by atoms with Crippen LogP contribution in [0.25, 0.3) is 17.3 Å². The van der Waals surface area contributed by atoms with Crippen molar-refractivity contribution >= 4 is 28.5 Å². The lowest BCUT2D eigenvalue weighted by atomic mass is 10.2. The highest BCUT2D eigenvalue weighted by molar-refractivity contribution is 7.14. The Kier molecular flexibility index (Phi) is 6.81. The van der Waals surface area contributed by atoms with Gasteiger partial charge in [0, 0.05) is 17.0 Å². The number of nitrogens with one attached hydrogen (secondary N) is 1. The summed E-state index contributed by atoms with van der Waals surface area (Å²) < 4.78 is 10.7. The van der Waals surface area contributed by atoms with E-state index in [2.05, 4.69) is 17.2 Å². The second-order valence-corrected chi connectivity index (χ2v) is 6.86. The number of carbonyl (C=O) groups is 1. The molecule has 3 rings (SSSR count). The first-order valence-electron chi connectivity index (χ1n) is 9.00. The third-order valence-corrected chi connectivity index (χ3v) is 4.66. The summed E-state index contributed by atoms with van der Waals surface area (Å²) in [6, 6.07) is 15.3. The van der Waals surface area contributed by atoms with Crippen molar-refractivity contribution in [3.8, 4) is 22.8 Å². The van der Waals surface area contributed by atoms with Crippen molar-refractivity contribution < 1.29 is 14.3 Å². The first kappa shape index (κ1) is 19.6. The molecular weight excluding hydrogens is 372 g/mol. The summed E-state index contributed by atoms with van der Waals surface area (Å²) in [5.41, 5.74) is 2.72. The van der Waals surface area contributed by atoms with Crippen LogP contribution in [0.3, 0.4) is 0 Å². The first-order chi connectivity index (χ1) is 13.7. The molecule has 1 aromatic heterocycles. The molecule has 2 aromatic carbocycles. The van der Waals surface area contributed by atoms with Gasteiger partial charge in [-0.3, -0.25) is 10.1 Å². The Morgan fingerprint density at radius 2 is 1.82 bits per heavy atom. The molecule has 28 heavy (non-hydrogen) atoms. The monoisotopic (exact) mass is 394 g/mol. The standard InChI is InChI=1S/C22H22N2O3S/c1-3-14-27-19-11-7-17(8-12-19)20-15-28-22(23-20)24-21(25)13-6-16-4-9-18(26-2)10-5-16/h4-13,15H,3,14H2,1-2H3,(H,23,24,25)/b13-6+. The van der Waals surface area contributed by atoms with Crippen molar-refractivity contribution in [2.45, 2.75) is 13.3 Å². The van der Waals surface area contributed by atoms with E-state index in [0.717, 1.165) is 34.7 Å². The van der Waals surface area contributed by atoms with Gasteiger partial charge in [-0.15, -0.1) is 11.3 Å². The lowest BCUT2D eigenvalue weighted by molar-refractivity contribution is -0.111. The van der Waals surface area contributed by atoms with Crippen LogP contribution in [0.2, 0.25) is 0 Å². The highest BCUT2D eigenvalue weighted by Gasteiger charge is 2.07. The molecular formula is C22H22N2O3S. The zero-order valence-electron chi connectivity index (χ0n) is 15.8. The molecule has 0 unspecified atom stereocenters. The van der Waals surface area contributed by atoms with Gasteiger partial charge in [-0.1, -0.05) is 19.1 Å². The largest absolute Gasteiger partial charge is 0.497 e. The summed E-state index contributed by atoms with van der Waals surface area (Å²) in [6.07, 6.45) is 4.21. The first-order valence-corrected chi connectivity index (χ1v) is 9.88. The van der Waals surface area contributed by atoms with E-state index in [1.165, 1.54) is 17.4 Å². The second kappa shape index (κ2) is 9.71. The molecule has 144 valence electrons. The summed E-state index contributed by atoms with van der Waals surface area (Å²) in [5.74, 6) is 1.40. The predicted octanol–water partition coefficient (Wildman–Crippen LogP) is 5.26. The lowest BCUT2D eigenvalue weighted by Crippen LogP contribution is -2.07. The van der Waals surface area contributed by atoms with Gasteiger partial charge in [0.25, 0.3) is 0 Å². The van der Waals surface area contributed by atoms with Crippen LogP contribution >= 0.6 is 11.3 Å². The van der Waals surface area contributed by atoms with Gasteiger partial charge in [0.05, 0.1) is 19.4 Å². The van der Waals surface area contributed by atoms with E-state index >= 15 is 0 Å². The highest BCUT2D eigenvalue weighted by atomic mass is 32.1. The molecule has 1 heterocycles. The normalized spacial score (nSPS) is 10.8. The molecule has 0 radical (unpaired) electrons. The summed E-state index contributed by atoms with van der Waals surface area (Å²) in [7, 11) is 1.62. The highest BCUT2D eigenvalue weighted by Crippen LogP contribution is 2.26. The van der Waals surface area contributed by atoms with Crippen molar-refractivity contribution in [3.05, 3.63) is 65.6 Å². The van der Waals surface area contributed by atoms with Crippen LogP contribution in [0, 0.1) is 0 Å². The van der Waals surface area contributed by atoms with Crippen LogP contribution in [-0.2, 0) is 4.79 Å². The van der Waals surface area contributed by atoms with Crippen molar-refractivity contribution in [1.82, 2.24) is 4.98 Å². The van der Waals surface area contributed by atoms with E-state index in [1.54, 1.807) is 13.2 Å². The number of thiazole rings is 1. The molecule has 0 aliphatic heterocycles. The van der Waals surface area contributed by atoms with Gasteiger partial charge in [-0.2, -0.15) is 0 Å². The van der Waals surface area contributed by atoms with Gasteiger partial charge < -0.3 is 9.47 Å². The molecule has 6 heteroatoms. The van der Waals surface area contributed by atoms with Crippen LogP contribution < -0.4 is 14.8 Å². The van der Waals surface area contributed by atoms with E-state index in [4.69, 9.17) is 9.47 Å². The average Bonchev–Trinajstić information content (AvgIpc) is 3.20. The number of benzene rings is 2. The van der Waals surface area contributed by atoms with Crippen LogP contribution in [0.1, 0.15) is 18.9 Å². The fourth-order valence-electron chi connectivity index (χ4n) is 2.44. The number of hydrogen-bond acceptors (Lipinski definition) is 5. The number of methoxy groups -OCH3 is 1. The quantitative estimate of drug-likeness (QED) is 0.530. The molecule has 0 spiro atoms. The van der Waals surface area contributed by atoms with E-state index in [1.807, 2.05) is 53.9 Å². The predicted molar refractivity (Wildman–Crippen MR) is 114 cm³/mol.